The van der Waals surface area contributed by atoms with Crippen LogP contribution >= 0.6 is 0 Å². The van der Waals surface area contributed by atoms with Crippen molar-refractivity contribution in [2.75, 3.05) is 6.61 Å². The molecular formula is C17H26N2O2. The van der Waals surface area contributed by atoms with Gasteiger partial charge < -0.3 is 10.1 Å². The van der Waals surface area contributed by atoms with Gasteiger partial charge in [-0.3, -0.25) is 9.78 Å². The summed E-state index contributed by atoms with van der Waals surface area (Å²) in [7, 11) is 0. The summed E-state index contributed by atoms with van der Waals surface area (Å²) < 4.78 is 5.90. The van der Waals surface area contributed by atoms with E-state index in [1.54, 1.807) is 12.3 Å². The SMILES string of the molecule is CCC(CC)C1CC(NC(=O)c2cccnc2C)CCO1. The summed E-state index contributed by atoms with van der Waals surface area (Å²) in [5, 5.41) is 3.15. The molecule has 1 aliphatic heterocycles. The zero-order valence-corrected chi connectivity index (χ0v) is 13.3. The average molecular weight is 290 g/mol. The quantitative estimate of drug-likeness (QED) is 0.906. The van der Waals surface area contributed by atoms with Crippen LogP contribution in [0.25, 0.3) is 0 Å². The fourth-order valence-corrected chi connectivity index (χ4v) is 3.09. The number of aryl methyl sites for hydroxylation is 1. The van der Waals surface area contributed by atoms with Crippen molar-refractivity contribution in [1.29, 1.82) is 0 Å². The molecule has 1 amide bonds. The molecule has 4 nitrogen and oxygen atoms in total. The number of hydrogen-bond donors (Lipinski definition) is 1. The van der Waals surface area contributed by atoms with Crippen molar-refractivity contribution in [1.82, 2.24) is 10.3 Å². The molecule has 1 aromatic rings. The van der Waals surface area contributed by atoms with Gasteiger partial charge in [0, 0.05) is 24.5 Å². The fourth-order valence-electron chi connectivity index (χ4n) is 3.09. The first-order valence-corrected chi connectivity index (χ1v) is 7.99. The Bertz CT molecular complexity index is 472. The van der Waals surface area contributed by atoms with E-state index in [0.29, 0.717) is 11.5 Å². The van der Waals surface area contributed by atoms with Crippen molar-refractivity contribution in [3.05, 3.63) is 29.6 Å². The van der Waals surface area contributed by atoms with Crippen molar-refractivity contribution >= 4 is 5.91 Å². The number of ether oxygens (including phenoxy) is 1. The summed E-state index contributed by atoms with van der Waals surface area (Å²) in [4.78, 5) is 16.5. The van der Waals surface area contributed by atoms with E-state index < -0.39 is 0 Å². The Morgan fingerprint density at radius 2 is 2.24 bits per heavy atom. The highest BCUT2D eigenvalue weighted by Crippen LogP contribution is 2.25. The van der Waals surface area contributed by atoms with E-state index in [2.05, 4.69) is 24.1 Å². The lowest BCUT2D eigenvalue weighted by Gasteiger charge is -2.34. The number of nitrogens with one attached hydrogen (secondary N) is 1. The summed E-state index contributed by atoms with van der Waals surface area (Å²) >= 11 is 0. The summed E-state index contributed by atoms with van der Waals surface area (Å²) in [6.45, 7) is 7.02. The van der Waals surface area contributed by atoms with E-state index in [0.717, 1.165) is 38.0 Å². The fraction of sp³-hybridized carbons (Fsp3) is 0.647. The van der Waals surface area contributed by atoms with E-state index in [1.807, 2.05) is 13.0 Å². The number of carbonyl (C=O) groups is 1. The smallest absolute Gasteiger partial charge is 0.253 e. The summed E-state index contributed by atoms with van der Waals surface area (Å²) in [5.74, 6) is 0.570. The molecule has 2 unspecified atom stereocenters. The summed E-state index contributed by atoms with van der Waals surface area (Å²) in [6.07, 6.45) is 6.05. The highest BCUT2D eigenvalue weighted by molar-refractivity contribution is 5.95. The molecule has 0 spiro atoms. The molecule has 1 saturated heterocycles. The Balaban J connectivity index is 1.96. The molecule has 1 fully saturated rings. The minimum Gasteiger partial charge on any atom is -0.378 e. The Morgan fingerprint density at radius 1 is 1.48 bits per heavy atom. The first-order chi connectivity index (χ1) is 10.2. The maximum absolute atomic E-state index is 12.4. The molecule has 1 N–H and O–H groups in total. The average Bonchev–Trinajstić information content (AvgIpc) is 2.49. The van der Waals surface area contributed by atoms with Crippen molar-refractivity contribution in [2.24, 2.45) is 5.92 Å². The Labute approximate surface area is 127 Å². The minimum absolute atomic E-state index is 0.0178. The van der Waals surface area contributed by atoms with Crippen LogP contribution in [0.5, 0.6) is 0 Å². The van der Waals surface area contributed by atoms with E-state index in [9.17, 15) is 4.79 Å². The second-order valence-corrected chi connectivity index (χ2v) is 5.82. The Kier molecular flexibility index (Phi) is 5.74. The van der Waals surface area contributed by atoms with E-state index in [4.69, 9.17) is 4.74 Å². The molecule has 2 rings (SSSR count). The lowest BCUT2D eigenvalue weighted by Crippen LogP contribution is -2.44. The molecule has 2 heterocycles. The van der Waals surface area contributed by atoms with Gasteiger partial charge in [0.1, 0.15) is 0 Å². The van der Waals surface area contributed by atoms with Crippen LogP contribution in [0.4, 0.5) is 0 Å². The molecule has 21 heavy (non-hydrogen) atoms. The van der Waals surface area contributed by atoms with Crippen LogP contribution in [0, 0.1) is 12.8 Å². The number of amides is 1. The number of rotatable bonds is 5. The molecule has 1 aliphatic rings. The van der Waals surface area contributed by atoms with Crippen molar-refractivity contribution in [2.45, 2.75) is 58.6 Å². The third-order valence-corrected chi connectivity index (χ3v) is 4.48. The first kappa shape index (κ1) is 16.0. The molecule has 0 aromatic carbocycles. The van der Waals surface area contributed by atoms with Crippen LogP contribution < -0.4 is 5.32 Å². The van der Waals surface area contributed by atoms with Gasteiger partial charge in [-0.1, -0.05) is 26.7 Å². The van der Waals surface area contributed by atoms with E-state index in [1.165, 1.54) is 0 Å². The molecule has 0 saturated carbocycles. The number of hydrogen-bond acceptors (Lipinski definition) is 3. The summed E-state index contributed by atoms with van der Waals surface area (Å²) in [5.41, 5.74) is 1.45. The van der Waals surface area contributed by atoms with Crippen LogP contribution in [0.2, 0.25) is 0 Å². The highest BCUT2D eigenvalue weighted by Gasteiger charge is 2.28. The van der Waals surface area contributed by atoms with Crippen LogP contribution in [0.3, 0.4) is 0 Å². The number of carbonyl (C=O) groups excluding carboxylic acids is 1. The third kappa shape index (κ3) is 4.03. The topological polar surface area (TPSA) is 51.2 Å². The predicted octanol–water partition coefficient (Wildman–Crippen LogP) is 3.10. The minimum atomic E-state index is -0.0178. The standard InChI is InChI=1S/C17H26N2O2/c1-4-13(5-2)16-11-14(8-10-21-16)19-17(20)15-7-6-9-18-12(15)3/h6-7,9,13-14,16H,4-5,8,10-11H2,1-3H3,(H,19,20). The second kappa shape index (κ2) is 7.55. The van der Waals surface area contributed by atoms with Crippen molar-refractivity contribution < 1.29 is 9.53 Å². The normalized spacial score (nSPS) is 22.3. The van der Waals surface area contributed by atoms with Gasteiger partial charge in [0.25, 0.3) is 5.91 Å². The molecule has 2 atom stereocenters. The van der Waals surface area contributed by atoms with E-state index >= 15 is 0 Å². The van der Waals surface area contributed by atoms with Crippen molar-refractivity contribution in [3.63, 3.8) is 0 Å². The third-order valence-electron chi connectivity index (χ3n) is 4.48. The zero-order chi connectivity index (χ0) is 15.2. The second-order valence-electron chi connectivity index (χ2n) is 5.82. The molecule has 0 radical (unpaired) electrons. The molecular weight excluding hydrogens is 264 g/mol. The lowest BCUT2D eigenvalue weighted by atomic mass is 9.89. The molecule has 0 aliphatic carbocycles. The van der Waals surface area contributed by atoms with Crippen LogP contribution in [0.1, 0.15) is 55.6 Å². The Hall–Kier alpha value is -1.42. The van der Waals surface area contributed by atoms with Gasteiger partial charge in [-0.05, 0) is 37.8 Å². The van der Waals surface area contributed by atoms with Crippen LogP contribution in [-0.2, 0) is 4.74 Å². The van der Waals surface area contributed by atoms with Gasteiger partial charge in [0.2, 0.25) is 0 Å². The van der Waals surface area contributed by atoms with Crippen LogP contribution in [0.15, 0.2) is 18.3 Å². The largest absolute Gasteiger partial charge is 0.378 e. The van der Waals surface area contributed by atoms with Gasteiger partial charge in [-0.2, -0.15) is 0 Å². The van der Waals surface area contributed by atoms with Gasteiger partial charge in [-0.15, -0.1) is 0 Å². The molecule has 116 valence electrons. The summed E-state index contributed by atoms with van der Waals surface area (Å²) in [6, 6.07) is 3.84. The molecule has 4 heteroatoms. The number of nitrogens with zero attached hydrogens (tertiary/aromatic N) is 1. The Morgan fingerprint density at radius 3 is 2.90 bits per heavy atom. The lowest BCUT2D eigenvalue weighted by molar-refractivity contribution is -0.0337. The maximum atomic E-state index is 12.4. The molecule has 0 bridgehead atoms. The van der Waals surface area contributed by atoms with Gasteiger partial charge in [0.15, 0.2) is 0 Å². The first-order valence-electron chi connectivity index (χ1n) is 7.99. The predicted molar refractivity (Wildman–Crippen MR) is 83.3 cm³/mol. The zero-order valence-electron chi connectivity index (χ0n) is 13.3. The van der Waals surface area contributed by atoms with Crippen LogP contribution in [-0.4, -0.2) is 29.6 Å². The maximum Gasteiger partial charge on any atom is 0.253 e. The van der Waals surface area contributed by atoms with Gasteiger partial charge >= 0.3 is 0 Å². The van der Waals surface area contributed by atoms with Crippen molar-refractivity contribution in [3.8, 4) is 0 Å². The monoisotopic (exact) mass is 290 g/mol. The number of pyridine rings is 1. The van der Waals surface area contributed by atoms with Gasteiger partial charge in [0.05, 0.1) is 11.7 Å². The van der Waals surface area contributed by atoms with E-state index in [-0.39, 0.29) is 18.1 Å². The number of aromatic nitrogens is 1. The highest BCUT2D eigenvalue weighted by atomic mass is 16.5. The molecule has 1 aromatic heterocycles. The van der Waals surface area contributed by atoms with Gasteiger partial charge in [-0.25, -0.2) is 0 Å².